The average molecular weight is 197 g/mol. The second-order valence-corrected chi connectivity index (χ2v) is 5.20. The Morgan fingerprint density at radius 2 is 1.86 bits per heavy atom. The lowest BCUT2D eigenvalue weighted by Gasteiger charge is -2.48. The van der Waals surface area contributed by atoms with Gasteiger partial charge >= 0.3 is 0 Å². The van der Waals surface area contributed by atoms with Gasteiger partial charge in [-0.1, -0.05) is 6.92 Å². The number of hydrogen-bond donors (Lipinski definition) is 0. The van der Waals surface area contributed by atoms with E-state index >= 15 is 0 Å². The Morgan fingerprint density at radius 3 is 2.43 bits per heavy atom. The topological polar surface area (TPSA) is 12.5 Å². The molecule has 0 aromatic rings. The van der Waals surface area contributed by atoms with Gasteiger partial charge in [0.1, 0.15) is 0 Å². The summed E-state index contributed by atoms with van der Waals surface area (Å²) in [7, 11) is 1.84. The van der Waals surface area contributed by atoms with Gasteiger partial charge in [0.25, 0.3) is 0 Å². The van der Waals surface area contributed by atoms with Crippen LogP contribution in [0.1, 0.15) is 39.5 Å². The highest BCUT2D eigenvalue weighted by molar-refractivity contribution is 4.92. The molecule has 0 spiro atoms. The smallest absolute Gasteiger partial charge is 0.0601 e. The normalized spacial score (nSPS) is 44.8. The first-order chi connectivity index (χ1) is 6.70. The van der Waals surface area contributed by atoms with Gasteiger partial charge in [-0.05, 0) is 45.1 Å². The Labute approximate surface area is 87.6 Å². The number of rotatable bonds is 2. The molecular weight excluding hydrogens is 174 g/mol. The number of piperidine rings is 1. The molecule has 82 valence electrons. The Balaban J connectivity index is 1.81. The standard InChI is InChI=1S/C12H23NO/c1-9-4-5-13(10(2)6-9)11-7-12(8-11)14-3/h9-12H,4-8H2,1-3H3/t9-,10+,11?,12?/m1/s1. The van der Waals surface area contributed by atoms with Crippen molar-refractivity contribution in [3.63, 3.8) is 0 Å². The quantitative estimate of drug-likeness (QED) is 0.673. The van der Waals surface area contributed by atoms with Gasteiger partial charge in [0.2, 0.25) is 0 Å². The van der Waals surface area contributed by atoms with E-state index in [-0.39, 0.29) is 0 Å². The molecular formula is C12H23NO. The van der Waals surface area contributed by atoms with E-state index in [1.807, 2.05) is 7.11 Å². The number of hydrogen-bond acceptors (Lipinski definition) is 2. The Morgan fingerprint density at radius 1 is 1.14 bits per heavy atom. The fraction of sp³-hybridized carbons (Fsp3) is 1.00. The third-order valence-corrected chi connectivity index (χ3v) is 4.06. The summed E-state index contributed by atoms with van der Waals surface area (Å²) in [6.45, 7) is 6.08. The van der Waals surface area contributed by atoms with E-state index in [1.165, 1.54) is 32.2 Å². The fourth-order valence-corrected chi connectivity index (χ4v) is 2.97. The summed E-state index contributed by atoms with van der Waals surface area (Å²) >= 11 is 0. The van der Waals surface area contributed by atoms with Gasteiger partial charge in [0.05, 0.1) is 6.10 Å². The van der Waals surface area contributed by atoms with Crippen molar-refractivity contribution in [2.45, 2.75) is 57.7 Å². The molecule has 1 aliphatic carbocycles. The fourth-order valence-electron chi connectivity index (χ4n) is 2.97. The second kappa shape index (κ2) is 4.19. The number of nitrogens with zero attached hydrogens (tertiary/aromatic N) is 1. The predicted molar refractivity (Wildman–Crippen MR) is 58.4 cm³/mol. The molecule has 0 unspecified atom stereocenters. The van der Waals surface area contributed by atoms with Crippen LogP contribution in [0.2, 0.25) is 0 Å². The molecule has 0 bridgehead atoms. The maximum Gasteiger partial charge on any atom is 0.0601 e. The predicted octanol–water partition coefficient (Wildman–Crippen LogP) is 2.28. The van der Waals surface area contributed by atoms with E-state index < -0.39 is 0 Å². The summed E-state index contributed by atoms with van der Waals surface area (Å²) in [5.74, 6) is 0.930. The van der Waals surface area contributed by atoms with Crippen LogP contribution < -0.4 is 0 Å². The molecule has 14 heavy (non-hydrogen) atoms. The molecule has 0 radical (unpaired) electrons. The van der Waals surface area contributed by atoms with Gasteiger partial charge in [-0.2, -0.15) is 0 Å². The first-order valence-electron chi connectivity index (χ1n) is 5.99. The maximum atomic E-state index is 5.34. The zero-order chi connectivity index (χ0) is 10.1. The van der Waals surface area contributed by atoms with E-state index in [4.69, 9.17) is 4.74 Å². The van der Waals surface area contributed by atoms with Crippen LogP contribution in [-0.4, -0.2) is 36.7 Å². The molecule has 0 amide bonds. The van der Waals surface area contributed by atoms with E-state index in [0.29, 0.717) is 6.10 Å². The summed E-state index contributed by atoms with van der Waals surface area (Å²) in [5, 5.41) is 0. The average Bonchev–Trinajstić information content (AvgIpc) is 2.06. The van der Waals surface area contributed by atoms with Gasteiger partial charge < -0.3 is 4.74 Å². The van der Waals surface area contributed by atoms with E-state index in [9.17, 15) is 0 Å². The van der Waals surface area contributed by atoms with Crippen molar-refractivity contribution in [2.24, 2.45) is 5.92 Å². The highest BCUT2D eigenvalue weighted by Crippen LogP contribution is 2.33. The molecule has 2 rings (SSSR count). The SMILES string of the molecule is COC1CC(N2CC[C@@H](C)C[C@@H]2C)C1. The van der Waals surface area contributed by atoms with Crippen LogP contribution in [0.15, 0.2) is 0 Å². The van der Waals surface area contributed by atoms with Crippen LogP contribution in [0.4, 0.5) is 0 Å². The van der Waals surface area contributed by atoms with Gasteiger partial charge in [-0.3, -0.25) is 4.90 Å². The molecule has 1 saturated carbocycles. The lowest BCUT2D eigenvalue weighted by molar-refractivity contribution is -0.0512. The van der Waals surface area contributed by atoms with Gasteiger partial charge in [0.15, 0.2) is 0 Å². The van der Waals surface area contributed by atoms with Gasteiger partial charge in [0, 0.05) is 19.2 Å². The monoisotopic (exact) mass is 197 g/mol. The maximum absolute atomic E-state index is 5.34. The van der Waals surface area contributed by atoms with Crippen molar-refractivity contribution < 1.29 is 4.74 Å². The molecule has 2 atom stereocenters. The summed E-state index contributed by atoms with van der Waals surface area (Å²) in [6.07, 6.45) is 5.84. The zero-order valence-electron chi connectivity index (χ0n) is 9.70. The summed E-state index contributed by atoms with van der Waals surface area (Å²) in [6, 6.07) is 1.61. The van der Waals surface area contributed by atoms with Gasteiger partial charge in [-0.25, -0.2) is 0 Å². The minimum absolute atomic E-state index is 0.548. The minimum Gasteiger partial charge on any atom is -0.381 e. The summed E-state index contributed by atoms with van der Waals surface area (Å²) in [4.78, 5) is 2.70. The summed E-state index contributed by atoms with van der Waals surface area (Å²) in [5.41, 5.74) is 0. The highest BCUT2D eigenvalue weighted by atomic mass is 16.5. The van der Waals surface area contributed by atoms with Gasteiger partial charge in [-0.15, -0.1) is 0 Å². The first-order valence-corrected chi connectivity index (χ1v) is 5.99. The Kier molecular flexibility index (Phi) is 3.13. The van der Waals surface area contributed by atoms with Crippen molar-refractivity contribution >= 4 is 0 Å². The van der Waals surface area contributed by atoms with E-state index in [2.05, 4.69) is 18.7 Å². The molecule has 1 saturated heterocycles. The molecule has 2 heteroatoms. The molecule has 0 aromatic carbocycles. The molecule has 0 aromatic heterocycles. The third-order valence-electron chi connectivity index (χ3n) is 4.06. The second-order valence-electron chi connectivity index (χ2n) is 5.20. The van der Waals surface area contributed by atoms with Crippen LogP contribution >= 0.6 is 0 Å². The van der Waals surface area contributed by atoms with Crippen LogP contribution in [0.5, 0.6) is 0 Å². The molecule has 0 N–H and O–H groups in total. The molecule has 2 nitrogen and oxygen atoms in total. The molecule has 1 aliphatic heterocycles. The largest absolute Gasteiger partial charge is 0.381 e. The number of methoxy groups -OCH3 is 1. The number of ether oxygens (including phenoxy) is 1. The first kappa shape index (κ1) is 10.4. The van der Waals surface area contributed by atoms with Crippen molar-refractivity contribution in [1.82, 2.24) is 4.90 Å². The molecule has 1 heterocycles. The van der Waals surface area contributed by atoms with Crippen LogP contribution in [0.25, 0.3) is 0 Å². The summed E-state index contributed by atoms with van der Waals surface area (Å²) < 4.78 is 5.34. The van der Waals surface area contributed by atoms with Crippen molar-refractivity contribution in [3.05, 3.63) is 0 Å². The Hall–Kier alpha value is -0.0800. The van der Waals surface area contributed by atoms with Crippen LogP contribution in [-0.2, 0) is 4.74 Å². The van der Waals surface area contributed by atoms with Crippen molar-refractivity contribution in [1.29, 1.82) is 0 Å². The Bertz CT molecular complexity index is 189. The van der Waals surface area contributed by atoms with E-state index in [1.54, 1.807) is 0 Å². The highest BCUT2D eigenvalue weighted by Gasteiger charge is 2.37. The number of likely N-dealkylation sites (tertiary alicyclic amines) is 1. The zero-order valence-corrected chi connectivity index (χ0v) is 9.70. The third kappa shape index (κ3) is 1.96. The van der Waals surface area contributed by atoms with Crippen LogP contribution in [0, 0.1) is 5.92 Å². The van der Waals surface area contributed by atoms with E-state index in [0.717, 1.165) is 18.0 Å². The lowest BCUT2D eigenvalue weighted by Crippen LogP contribution is -2.53. The van der Waals surface area contributed by atoms with Crippen molar-refractivity contribution in [2.75, 3.05) is 13.7 Å². The minimum atomic E-state index is 0.548. The van der Waals surface area contributed by atoms with Crippen LogP contribution in [0.3, 0.4) is 0 Å². The molecule has 2 aliphatic rings. The lowest BCUT2D eigenvalue weighted by atomic mass is 9.83. The molecule has 2 fully saturated rings. The van der Waals surface area contributed by atoms with Crippen molar-refractivity contribution in [3.8, 4) is 0 Å².